The summed E-state index contributed by atoms with van der Waals surface area (Å²) in [5.74, 6) is -0.217. The summed E-state index contributed by atoms with van der Waals surface area (Å²) in [6.45, 7) is 2.34. The number of nitrogens with zero attached hydrogens (tertiary/aromatic N) is 1. The Hall–Kier alpha value is -2.11. The second-order valence-corrected chi connectivity index (χ2v) is 6.94. The molecule has 1 atom stereocenters. The van der Waals surface area contributed by atoms with E-state index in [0.717, 1.165) is 42.4 Å². The number of rotatable bonds is 3. The molecule has 0 saturated carbocycles. The predicted octanol–water partition coefficient (Wildman–Crippen LogP) is 2.48. The van der Waals surface area contributed by atoms with E-state index in [-0.39, 0.29) is 36.2 Å². The maximum atomic E-state index is 12.6. The number of halogens is 1. The molecule has 138 valence electrons. The molecule has 0 aromatic heterocycles. The van der Waals surface area contributed by atoms with E-state index >= 15 is 0 Å². The molecule has 2 N–H and O–H groups in total. The average Bonchev–Trinajstić information content (AvgIpc) is 3.04. The molecule has 1 unspecified atom stereocenters. The van der Waals surface area contributed by atoms with Crippen molar-refractivity contribution in [1.82, 2.24) is 10.6 Å². The van der Waals surface area contributed by atoms with Crippen LogP contribution in [-0.2, 0) is 9.59 Å². The first kappa shape index (κ1) is 18.7. The number of carbonyl (C=O) groups is 2. The van der Waals surface area contributed by atoms with Crippen LogP contribution in [0.4, 0.5) is 5.69 Å². The Kier molecular flexibility index (Phi) is 5.79. The number of anilines is 1. The molecule has 2 fully saturated rings. The van der Waals surface area contributed by atoms with Crippen LogP contribution in [0.3, 0.4) is 0 Å². The van der Waals surface area contributed by atoms with E-state index in [4.69, 9.17) is 0 Å². The first-order chi connectivity index (χ1) is 12.2. The Labute approximate surface area is 159 Å². The second kappa shape index (κ2) is 8.06. The van der Waals surface area contributed by atoms with E-state index in [0.29, 0.717) is 13.0 Å². The van der Waals surface area contributed by atoms with E-state index in [1.165, 1.54) is 0 Å². The largest absolute Gasteiger partial charge is 0.353 e. The molecule has 26 heavy (non-hydrogen) atoms. The van der Waals surface area contributed by atoms with Crippen molar-refractivity contribution in [3.63, 3.8) is 0 Å². The van der Waals surface area contributed by atoms with Crippen LogP contribution in [0.1, 0.15) is 19.3 Å². The van der Waals surface area contributed by atoms with Gasteiger partial charge in [-0.15, -0.1) is 12.4 Å². The van der Waals surface area contributed by atoms with Crippen molar-refractivity contribution in [1.29, 1.82) is 0 Å². The van der Waals surface area contributed by atoms with Crippen LogP contribution in [-0.4, -0.2) is 37.5 Å². The third-order valence-electron chi connectivity index (χ3n) is 5.24. The number of hydrogen-bond donors (Lipinski definition) is 2. The van der Waals surface area contributed by atoms with Crippen molar-refractivity contribution in [2.24, 2.45) is 5.92 Å². The molecule has 2 aromatic carbocycles. The Morgan fingerprint density at radius 3 is 2.62 bits per heavy atom. The average molecular weight is 374 g/mol. The fourth-order valence-electron chi connectivity index (χ4n) is 3.85. The number of benzene rings is 2. The molecule has 2 aromatic rings. The molecular formula is C20H24ClN3O2. The van der Waals surface area contributed by atoms with Gasteiger partial charge in [0.25, 0.3) is 0 Å². The number of fused-ring (bicyclic) bond motifs is 1. The Balaban J connectivity index is 0.00000196. The smallest absolute Gasteiger partial charge is 0.227 e. The van der Waals surface area contributed by atoms with E-state index in [1.54, 1.807) is 4.90 Å². The summed E-state index contributed by atoms with van der Waals surface area (Å²) in [6, 6.07) is 14.2. The lowest BCUT2D eigenvalue weighted by Gasteiger charge is -2.25. The minimum Gasteiger partial charge on any atom is -0.353 e. The van der Waals surface area contributed by atoms with Crippen molar-refractivity contribution in [2.45, 2.75) is 25.3 Å². The molecule has 0 bridgehead atoms. The van der Waals surface area contributed by atoms with Crippen molar-refractivity contribution in [3.05, 3.63) is 42.5 Å². The zero-order chi connectivity index (χ0) is 17.2. The zero-order valence-corrected chi connectivity index (χ0v) is 15.4. The lowest BCUT2D eigenvalue weighted by atomic mass is 10.0. The van der Waals surface area contributed by atoms with Gasteiger partial charge in [0, 0.05) is 24.4 Å². The highest BCUT2D eigenvalue weighted by Gasteiger charge is 2.36. The van der Waals surface area contributed by atoms with Crippen LogP contribution >= 0.6 is 12.4 Å². The van der Waals surface area contributed by atoms with Gasteiger partial charge in [-0.2, -0.15) is 0 Å². The number of amides is 2. The Morgan fingerprint density at radius 1 is 1.08 bits per heavy atom. The van der Waals surface area contributed by atoms with Crippen molar-refractivity contribution < 1.29 is 9.59 Å². The summed E-state index contributed by atoms with van der Waals surface area (Å²) in [5, 5.41) is 8.59. The SMILES string of the molecule is Cl.O=C(NC1CCNCC1)C1CC(=O)N(c2cccc3ccccc23)C1. The lowest BCUT2D eigenvalue weighted by Crippen LogP contribution is -2.45. The molecule has 2 saturated heterocycles. The number of nitrogens with one attached hydrogen (secondary N) is 2. The van der Waals surface area contributed by atoms with Gasteiger partial charge in [0.15, 0.2) is 0 Å². The summed E-state index contributed by atoms with van der Waals surface area (Å²) >= 11 is 0. The van der Waals surface area contributed by atoms with E-state index in [1.807, 2.05) is 42.5 Å². The normalized spacial score (nSPS) is 20.8. The zero-order valence-electron chi connectivity index (χ0n) is 14.6. The van der Waals surface area contributed by atoms with Crippen molar-refractivity contribution >= 4 is 40.7 Å². The molecule has 6 heteroatoms. The van der Waals surface area contributed by atoms with Gasteiger partial charge >= 0.3 is 0 Å². The van der Waals surface area contributed by atoms with Gasteiger partial charge < -0.3 is 15.5 Å². The van der Waals surface area contributed by atoms with Crippen LogP contribution in [0.5, 0.6) is 0 Å². The molecule has 2 heterocycles. The van der Waals surface area contributed by atoms with Crippen molar-refractivity contribution in [3.8, 4) is 0 Å². The lowest BCUT2D eigenvalue weighted by molar-refractivity contribution is -0.127. The molecule has 2 aliphatic heterocycles. The van der Waals surface area contributed by atoms with Crippen LogP contribution in [0.15, 0.2) is 42.5 Å². The van der Waals surface area contributed by atoms with Crippen LogP contribution in [0.2, 0.25) is 0 Å². The number of hydrogen-bond acceptors (Lipinski definition) is 3. The van der Waals surface area contributed by atoms with E-state index in [9.17, 15) is 9.59 Å². The maximum absolute atomic E-state index is 12.6. The van der Waals surface area contributed by atoms with E-state index in [2.05, 4.69) is 10.6 Å². The van der Waals surface area contributed by atoms with Gasteiger partial charge in [0.05, 0.1) is 11.6 Å². The molecule has 0 spiro atoms. The maximum Gasteiger partial charge on any atom is 0.227 e. The molecular weight excluding hydrogens is 350 g/mol. The second-order valence-electron chi connectivity index (χ2n) is 6.94. The first-order valence-electron chi connectivity index (χ1n) is 9.01. The molecule has 5 nitrogen and oxygen atoms in total. The molecule has 2 amide bonds. The molecule has 0 radical (unpaired) electrons. The summed E-state index contributed by atoms with van der Waals surface area (Å²) < 4.78 is 0. The monoisotopic (exact) mass is 373 g/mol. The van der Waals surface area contributed by atoms with Gasteiger partial charge in [0.1, 0.15) is 0 Å². The van der Waals surface area contributed by atoms with Crippen LogP contribution < -0.4 is 15.5 Å². The fraction of sp³-hybridized carbons (Fsp3) is 0.400. The molecule has 0 aliphatic carbocycles. The highest BCUT2D eigenvalue weighted by atomic mass is 35.5. The van der Waals surface area contributed by atoms with E-state index < -0.39 is 0 Å². The fourth-order valence-corrected chi connectivity index (χ4v) is 3.85. The number of piperidine rings is 1. The van der Waals surface area contributed by atoms with Crippen LogP contribution in [0, 0.1) is 5.92 Å². The number of carbonyl (C=O) groups excluding carboxylic acids is 2. The quantitative estimate of drug-likeness (QED) is 0.868. The predicted molar refractivity (Wildman–Crippen MR) is 106 cm³/mol. The van der Waals surface area contributed by atoms with Gasteiger partial charge in [-0.1, -0.05) is 36.4 Å². The van der Waals surface area contributed by atoms with Crippen LogP contribution in [0.25, 0.3) is 10.8 Å². The van der Waals surface area contributed by atoms with Gasteiger partial charge in [0.2, 0.25) is 11.8 Å². The summed E-state index contributed by atoms with van der Waals surface area (Å²) in [6.07, 6.45) is 2.21. The third-order valence-corrected chi connectivity index (χ3v) is 5.24. The van der Waals surface area contributed by atoms with Crippen molar-refractivity contribution in [2.75, 3.05) is 24.5 Å². The third kappa shape index (κ3) is 3.69. The first-order valence-corrected chi connectivity index (χ1v) is 9.01. The topological polar surface area (TPSA) is 61.4 Å². The highest BCUT2D eigenvalue weighted by molar-refractivity contribution is 6.07. The minimum atomic E-state index is -0.263. The summed E-state index contributed by atoms with van der Waals surface area (Å²) in [4.78, 5) is 26.9. The molecule has 2 aliphatic rings. The Morgan fingerprint density at radius 2 is 1.81 bits per heavy atom. The molecule has 4 rings (SSSR count). The van der Waals surface area contributed by atoms with Gasteiger partial charge in [-0.05, 0) is 37.4 Å². The van der Waals surface area contributed by atoms with Gasteiger partial charge in [-0.3, -0.25) is 9.59 Å². The summed E-state index contributed by atoms with van der Waals surface area (Å²) in [7, 11) is 0. The standard InChI is InChI=1S/C20H23N3O2.ClH/c24-19-12-15(20(25)22-16-8-10-21-11-9-16)13-23(19)18-7-3-5-14-4-1-2-6-17(14)18;/h1-7,15-16,21H,8-13H2,(H,22,25);1H. The Bertz CT molecular complexity index is 799. The highest BCUT2D eigenvalue weighted by Crippen LogP contribution is 2.31. The summed E-state index contributed by atoms with van der Waals surface area (Å²) in [5.41, 5.74) is 0.903. The minimum absolute atomic E-state index is 0. The van der Waals surface area contributed by atoms with Gasteiger partial charge in [-0.25, -0.2) is 0 Å².